The van der Waals surface area contributed by atoms with E-state index < -0.39 is 0 Å². The number of aromatic nitrogens is 1. The van der Waals surface area contributed by atoms with Gasteiger partial charge in [-0.05, 0) is 62.4 Å². The largest absolute Gasteiger partial charge is 0.322 e. The highest BCUT2D eigenvalue weighted by Crippen LogP contribution is 2.34. The summed E-state index contributed by atoms with van der Waals surface area (Å²) in [5.41, 5.74) is 3.66. The number of rotatable bonds is 4. The first-order valence-corrected chi connectivity index (χ1v) is 8.14. The van der Waals surface area contributed by atoms with Gasteiger partial charge in [-0.15, -0.1) is 0 Å². The van der Waals surface area contributed by atoms with Crippen LogP contribution in [0.1, 0.15) is 53.0 Å². The Morgan fingerprint density at radius 3 is 2.43 bits per heavy atom. The molecule has 0 bridgehead atoms. The van der Waals surface area contributed by atoms with Gasteiger partial charge in [0.1, 0.15) is 5.56 Å². The molecule has 1 aliphatic rings. The molecule has 0 spiro atoms. The van der Waals surface area contributed by atoms with Gasteiger partial charge in [0.05, 0.1) is 0 Å². The molecule has 23 heavy (non-hydrogen) atoms. The molecule has 1 fully saturated rings. The van der Waals surface area contributed by atoms with Gasteiger partial charge in [-0.25, -0.2) is 0 Å². The molecule has 1 N–H and O–H groups in total. The normalized spacial score (nSPS) is 13.9. The number of hydrogen-bond donors (Lipinski definition) is 1. The van der Waals surface area contributed by atoms with Gasteiger partial charge in [0.25, 0.3) is 11.5 Å². The lowest BCUT2D eigenvalue weighted by atomic mass is 10.1. The number of carbonyl (C=O) groups excluding carboxylic acids is 1. The number of pyridine rings is 1. The predicted octanol–water partition coefficient (Wildman–Crippen LogP) is 3.61. The number of nitrogens with one attached hydrogen (secondary N) is 1. The Kier molecular flexibility index (Phi) is 4.07. The third kappa shape index (κ3) is 3.07. The van der Waals surface area contributed by atoms with Gasteiger partial charge in [-0.2, -0.15) is 0 Å². The first-order valence-electron chi connectivity index (χ1n) is 8.14. The van der Waals surface area contributed by atoms with Crippen molar-refractivity contribution in [3.05, 3.63) is 63.1 Å². The lowest BCUT2D eigenvalue weighted by molar-refractivity contribution is 0.102. The van der Waals surface area contributed by atoms with Crippen molar-refractivity contribution in [3.63, 3.8) is 0 Å². The lowest BCUT2D eigenvalue weighted by Gasteiger charge is -2.14. The van der Waals surface area contributed by atoms with Crippen molar-refractivity contribution in [3.8, 4) is 0 Å². The maximum Gasteiger partial charge on any atom is 0.264 e. The van der Waals surface area contributed by atoms with Crippen LogP contribution in [-0.2, 0) is 6.42 Å². The van der Waals surface area contributed by atoms with E-state index in [1.165, 1.54) is 5.56 Å². The SMILES string of the molecule is CCc1ccc(NC(=O)c2c(C)cc(C)n(C3CC3)c2=O)cc1. The van der Waals surface area contributed by atoms with E-state index in [2.05, 4.69) is 12.2 Å². The van der Waals surface area contributed by atoms with E-state index in [4.69, 9.17) is 0 Å². The van der Waals surface area contributed by atoms with Crippen LogP contribution in [0.5, 0.6) is 0 Å². The molecule has 1 heterocycles. The molecule has 4 heteroatoms. The van der Waals surface area contributed by atoms with Crippen LogP contribution in [0.3, 0.4) is 0 Å². The molecule has 2 aromatic rings. The highest BCUT2D eigenvalue weighted by Gasteiger charge is 2.28. The van der Waals surface area contributed by atoms with Crippen molar-refractivity contribution in [2.24, 2.45) is 0 Å². The van der Waals surface area contributed by atoms with Gasteiger partial charge in [0.15, 0.2) is 0 Å². The fourth-order valence-corrected chi connectivity index (χ4v) is 2.98. The third-order valence-electron chi connectivity index (χ3n) is 4.39. The van der Waals surface area contributed by atoms with Crippen LogP contribution < -0.4 is 10.9 Å². The van der Waals surface area contributed by atoms with E-state index in [9.17, 15) is 9.59 Å². The molecule has 0 aliphatic heterocycles. The van der Waals surface area contributed by atoms with Gasteiger partial charge in [-0.3, -0.25) is 9.59 Å². The van der Waals surface area contributed by atoms with Crippen LogP contribution in [0.2, 0.25) is 0 Å². The number of benzene rings is 1. The summed E-state index contributed by atoms with van der Waals surface area (Å²) in [7, 11) is 0. The minimum Gasteiger partial charge on any atom is -0.322 e. The second-order valence-corrected chi connectivity index (χ2v) is 6.25. The van der Waals surface area contributed by atoms with Gasteiger partial charge >= 0.3 is 0 Å². The number of carbonyl (C=O) groups is 1. The molecule has 0 saturated heterocycles. The summed E-state index contributed by atoms with van der Waals surface area (Å²) < 4.78 is 1.77. The molecule has 1 aromatic carbocycles. The maximum atomic E-state index is 12.7. The van der Waals surface area contributed by atoms with Crippen LogP contribution in [0.25, 0.3) is 0 Å². The van der Waals surface area contributed by atoms with E-state index in [-0.39, 0.29) is 23.1 Å². The summed E-state index contributed by atoms with van der Waals surface area (Å²) in [6.07, 6.45) is 2.99. The minimum absolute atomic E-state index is 0.173. The van der Waals surface area contributed by atoms with Crippen LogP contribution in [0.15, 0.2) is 35.1 Å². The zero-order valence-electron chi connectivity index (χ0n) is 13.8. The molecule has 3 rings (SSSR count). The number of hydrogen-bond acceptors (Lipinski definition) is 2. The predicted molar refractivity (Wildman–Crippen MR) is 92.2 cm³/mol. The van der Waals surface area contributed by atoms with E-state index >= 15 is 0 Å². The van der Waals surface area contributed by atoms with Crippen molar-refractivity contribution >= 4 is 11.6 Å². The van der Waals surface area contributed by atoms with Gasteiger partial charge < -0.3 is 9.88 Å². The highest BCUT2D eigenvalue weighted by molar-refractivity contribution is 6.05. The lowest BCUT2D eigenvalue weighted by Crippen LogP contribution is -2.31. The summed E-state index contributed by atoms with van der Waals surface area (Å²) in [6, 6.07) is 9.91. The van der Waals surface area contributed by atoms with E-state index in [0.717, 1.165) is 30.5 Å². The molecule has 1 aliphatic carbocycles. The number of aryl methyl sites for hydroxylation is 3. The summed E-state index contributed by atoms with van der Waals surface area (Å²) in [4.78, 5) is 25.3. The molecule has 1 amide bonds. The maximum absolute atomic E-state index is 12.7. The molecule has 0 atom stereocenters. The average molecular weight is 310 g/mol. The van der Waals surface area contributed by atoms with Crippen molar-refractivity contribution in [2.75, 3.05) is 5.32 Å². The Bertz CT molecular complexity index is 799. The molecule has 0 radical (unpaired) electrons. The summed E-state index contributed by atoms with van der Waals surface area (Å²) >= 11 is 0. The second-order valence-electron chi connectivity index (χ2n) is 6.25. The van der Waals surface area contributed by atoms with Crippen molar-refractivity contribution < 1.29 is 4.79 Å². The van der Waals surface area contributed by atoms with Crippen molar-refractivity contribution in [1.82, 2.24) is 4.57 Å². The van der Waals surface area contributed by atoms with Gasteiger partial charge in [0, 0.05) is 17.4 Å². The van der Waals surface area contributed by atoms with Crippen LogP contribution in [-0.4, -0.2) is 10.5 Å². The Labute approximate surface area is 136 Å². The molecular formula is C19H22N2O2. The standard InChI is InChI=1S/C19H22N2O2/c1-4-14-5-7-15(8-6-14)20-18(22)17-12(2)11-13(3)21(19(17)23)16-9-10-16/h5-8,11,16H,4,9-10H2,1-3H3,(H,20,22). The topological polar surface area (TPSA) is 51.1 Å². The molecule has 1 saturated carbocycles. The fourth-order valence-electron chi connectivity index (χ4n) is 2.98. The second kappa shape index (κ2) is 6.03. The smallest absolute Gasteiger partial charge is 0.264 e. The quantitative estimate of drug-likeness (QED) is 0.938. The highest BCUT2D eigenvalue weighted by atomic mass is 16.2. The van der Waals surface area contributed by atoms with E-state index in [1.54, 1.807) is 4.57 Å². The number of anilines is 1. The summed E-state index contributed by atoms with van der Waals surface area (Å²) in [5, 5.41) is 2.84. The van der Waals surface area contributed by atoms with Gasteiger partial charge in [-0.1, -0.05) is 19.1 Å². The Balaban J connectivity index is 1.92. The molecule has 0 unspecified atom stereocenters. The van der Waals surface area contributed by atoms with Crippen molar-refractivity contribution in [2.45, 2.75) is 46.1 Å². The number of nitrogens with zero attached hydrogens (tertiary/aromatic N) is 1. The molecule has 120 valence electrons. The van der Waals surface area contributed by atoms with Crippen LogP contribution in [0, 0.1) is 13.8 Å². The fraction of sp³-hybridized carbons (Fsp3) is 0.368. The third-order valence-corrected chi connectivity index (χ3v) is 4.39. The zero-order valence-corrected chi connectivity index (χ0v) is 13.8. The van der Waals surface area contributed by atoms with Crippen LogP contribution in [0.4, 0.5) is 5.69 Å². The van der Waals surface area contributed by atoms with E-state index in [0.29, 0.717) is 5.69 Å². The first-order chi connectivity index (χ1) is 11.0. The van der Waals surface area contributed by atoms with E-state index in [1.807, 2.05) is 44.2 Å². The first kappa shape index (κ1) is 15.5. The Morgan fingerprint density at radius 2 is 1.87 bits per heavy atom. The summed E-state index contributed by atoms with van der Waals surface area (Å²) in [6.45, 7) is 5.84. The van der Waals surface area contributed by atoms with Crippen molar-refractivity contribution in [1.29, 1.82) is 0 Å². The monoisotopic (exact) mass is 310 g/mol. The number of amides is 1. The minimum atomic E-state index is -0.328. The Morgan fingerprint density at radius 1 is 1.22 bits per heavy atom. The molecular weight excluding hydrogens is 288 g/mol. The zero-order chi connectivity index (χ0) is 16.6. The molecule has 1 aromatic heterocycles. The average Bonchev–Trinajstić information content (AvgIpc) is 3.32. The summed E-state index contributed by atoms with van der Waals surface area (Å²) in [5.74, 6) is -0.328. The van der Waals surface area contributed by atoms with Crippen LogP contribution >= 0.6 is 0 Å². The molecule has 4 nitrogen and oxygen atoms in total. The Hall–Kier alpha value is -2.36. The van der Waals surface area contributed by atoms with Gasteiger partial charge in [0.2, 0.25) is 0 Å².